The van der Waals surface area contributed by atoms with Gasteiger partial charge in [0.1, 0.15) is 0 Å². The maximum Gasteiger partial charge on any atom is 0.251 e. The van der Waals surface area contributed by atoms with E-state index in [4.69, 9.17) is 5.73 Å². The molecule has 1 atom stereocenters. The molecule has 0 aliphatic rings. The van der Waals surface area contributed by atoms with Gasteiger partial charge in [-0.15, -0.1) is 0 Å². The van der Waals surface area contributed by atoms with Gasteiger partial charge >= 0.3 is 0 Å². The van der Waals surface area contributed by atoms with Crippen molar-refractivity contribution in [2.75, 3.05) is 6.54 Å². The van der Waals surface area contributed by atoms with E-state index in [1.165, 1.54) is 0 Å². The number of amides is 1. The van der Waals surface area contributed by atoms with E-state index in [0.717, 1.165) is 24.9 Å². The highest BCUT2D eigenvalue weighted by Gasteiger charge is 2.07. The van der Waals surface area contributed by atoms with Gasteiger partial charge in [-0.3, -0.25) is 4.79 Å². The molecule has 0 aromatic heterocycles. The van der Waals surface area contributed by atoms with E-state index in [1.807, 2.05) is 38.1 Å². The maximum atomic E-state index is 11.9. The van der Waals surface area contributed by atoms with Gasteiger partial charge < -0.3 is 16.4 Å². The molecule has 0 saturated heterocycles. The highest BCUT2D eigenvalue weighted by atomic mass is 16.1. The van der Waals surface area contributed by atoms with Crippen LogP contribution in [-0.2, 0) is 6.54 Å². The average Bonchev–Trinajstić information content (AvgIpc) is 2.51. The summed E-state index contributed by atoms with van der Waals surface area (Å²) in [6.07, 6.45) is 1.93. The molecule has 0 spiro atoms. The minimum Gasteiger partial charge on any atom is -0.370 e. The van der Waals surface area contributed by atoms with Crippen LogP contribution in [0.2, 0.25) is 0 Å². The smallest absolute Gasteiger partial charge is 0.251 e. The van der Waals surface area contributed by atoms with Crippen LogP contribution in [0, 0.1) is 0 Å². The van der Waals surface area contributed by atoms with E-state index >= 15 is 0 Å². The van der Waals surface area contributed by atoms with Crippen LogP contribution in [0.1, 0.15) is 49.5 Å². The lowest BCUT2D eigenvalue weighted by molar-refractivity contribution is 0.0939. The van der Waals surface area contributed by atoms with Crippen molar-refractivity contribution in [3.63, 3.8) is 0 Å². The molecule has 116 valence electrons. The van der Waals surface area contributed by atoms with Gasteiger partial charge in [0.2, 0.25) is 0 Å². The molecule has 0 fully saturated rings. The Morgan fingerprint density at radius 1 is 1.29 bits per heavy atom. The van der Waals surface area contributed by atoms with Crippen molar-refractivity contribution in [1.29, 1.82) is 0 Å². The lowest BCUT2D eigenvalue weighted by Gasteiger charge is -2.11. The summed E-state index contributed by atoms with van der Waals surface area (Å²) >= 11 is 0. The second-order valence-electron chi connectivity index (χ2n) is 5.11. The molecule has 0 bridgehead atoms. The van der Waals surface area contributed by atoms with Crippen LogP contribution in [0.25, 0.3) is 0 Å². The van der Waals surface area contributed by atoms with Gasteiger partial charge in [0, 0.05) is 18.2 Å². The first-order valence-electron chi connectivity index (χ1n) is 7.50. The zero-order chi connectivity index (χ0) is 15.7. The number of carbonyl (C=O) groups is 1. The molecular weight excluding hydrogens is 264 g/mol. The number of benzene rings is 1. The summed E-state index contributed by atoms with van der Waals surface area (Å²) in [6, 6.07) is 7.63. The summed E-state index contributed by atoms with van der Waals surface area (Å²) in [6.45, 7) is 7.44. The molecule has 0 aliphatic carbocycles. The molecule has 1 aromatic rings. The van der Waals surface area contributed by atoms with Crippen molar-refractivity contribution in [2.45, 2.75) is 46.2 Å². The van der Waals surface area contributed by atoms with Crippen molar-refractivity contribution in [2.24, 2.45) is 10.7 Å². The molecule has 0 saturated carbocycles. The first kappa shape index (κ1) is 17.0. The predicted molar refractivity (Wildman–Crippen MR) is 87.3 cm³/mol. The molecule has 1 amide bonds. The van der Waals surface area contributed by atoms with E-state index in [9.17, 15) is 4.79 Å². The van der Waals surface area contributed by atoms with Crippen LogP contribution in [0.3, 0.4) is 0 Å². The SMILES string of the molecule is CCCNC(N)=NCc1ccc(C(=O)NC(C)CC)cc1. The summed E-state index contributed by atoms with van der Waals surface area (Å²) in [4.78, 5) is 16.2. The zero-order valence-electron chi connectivity index (χ0n) is 13.1. The summed E-state index contributed by atoms with van der Waals surface area (Å²) in [7, 11) is 0. The third-order valence-electron chi connectivity index (χ3n) is 3.19. The Bertz CT molecular complexity index is 468. The van der Waals surface area contributed by atoms with Gasteiger partial charge in [-0.1, -0.05) is 26.0 Å². The van der Waals surface area contributed by atoms with E-state index in [2.05, 4.69) is 22.5 Å². The highest BCUT2D eigenvalue weighted by Crippen LogP contribution is 2.06. The van der Waals surface area contributed by atoms with E-state index < -0.39 is 0 Å². The second kappa shape index (κ2) is 9.00. The Hall–Kier alpha value is -2.04. The molecule has 5 heteroatoms. The van der Waals surface area contributed by atoms with Crippen molar-refractivity contribution >= 4 is 11.9 Å². The summed E-state index contributed by atoms with van der Waals surface area (Å²) in [5, 5.41) is 5.97. The van der Waals surface area contributed by atoms with Gasteiger partial charge in [-0.05, 0) is 37.5 Å². The molecular formula is C16H26N4O. The standard InChI is InChI=1S/C16H26N4O/c1-4-10-18-16(17)19-11-13-6-8-14(9-7-13)15(21)20-12(3)5-2/h6-9,12H,4-5,10-11H2,1-3H3,(H,20,21)(H3,17,18,19). The minimum atomic E-state index is -0.0384. The van der Waals surface area contributed by atoms with Crippen molar-refractivity contribution in [3.05, 3.63) is 35.4 Å². The lowest BCUT2D eigenvalue weighted by atomic mass is 10.1. The Balaban J connectivity index is 2.56. The number of carbonyl (C=O) groups excluding carboxylic acids is 1. The highest BCUT2D eigenvalue weighted by molar-refractivity contribution is 5.94. The first-order chi connectivity index (χ1) is 10.1. The molecule has 0 radical (unpaired) electrons. The molecule has 1 aromatic carbocycles. The number of guanidine groups is 1. The Morgan fingerprint density at radius 2 is 1.95 bits per heavy atom. The Morgan fingerprint density at radius 3 is 2.52 bits per heavy atom. The number of hydrogen-bond donors (Lipinski definition) is 3. The van der Waals surface area contributed by atoms with Crippen molar-refractivity contribution in [3.8, 4) is 0 Å². The van der Waals surface area contributed by atoms with Crippen molar-refractivity contribution in [1.82, 2.24) is 10.6 Å². The second-order valence-corrected chi connectivity index (χ2v) is 5.11. The average molecular weight is 290 g/mol. The van der Waals surface area contributed by atoms with Crippen LogP contribution in [0.4, 0.5) is 0 Å². The number of rotatable bonds is 7. The molecule has 1 unspecified atom stereocenters. The van der Waals surface area contributed by atoms with Crippen LogP contribution in [0.15, 0.2) is 29.3 Å². The molecule has 1 rings (SSSR count). The van der Waals surface area contributed by atoms with Crippen LogP contribution in [0.5, 0.6) is 0 Å². The third kappa shape index (κ3) is 6.29. The van der Waals surface area contributed by atoms with Gasteiger partial charge in [0.05, 0.1) is 6.54 Å². The van der Waals surface area contributed by atoms with Gasteiger partial charge in [-0.25, -0.2) is 4.99 Å². The summed E-state index contributed by atoms with van der Waals surface area (Å²) < 4.78 is 0. The number of nitrogens with two attached hydrogens (primary N) is 1. The number of nitrogens with zero attached hydrogens (tertiary/aromatic N) is 1. The van der Waals surface area contributed by atoms with Gasteiger partial charge in [0.15, 0.2) is 5.96 Å². The van der Waals surface area contributed by atoms with Crippen LogP contribution in [-0.4, -0.2) is 24.5 Å². The minimum absolute atomic E-state index is 0.0384. The quantitative estimate of drug-likeness (QED) is 0.531. The predicted octanol–water partition coefficient (Wildman–Crippen LogP) is 2.03. The van der Waals surface area contributed by atoms with Gasteiger partial charge in [-0.2, -0.15) is 0 Å². The summed E-state index contributed by atoms with van der Waals surface area (Å²) in [5.74, 6) is 0.416. The molecule has 5 nitrogen and oxygen atoms in total. The maximum absolute atomic E-state index is 11.9. The fraction of sp³-hybridized carbons (Fsp3) is 0.500. The monoisotopic (exact) mass is 290 g/mol. The van der Waals surface area contributed by atoms with Gasteiger partial charge in [0.25, 0.3) is 5.91 Å². The Kier molecular flexibility index (Phi) is 7.29. The number of nitrogens with one attached hydrogen (secondary N) is 2. The fourth-order valence-electron chi connectivity index (χ4n) is 1.66. The normalized spacial score (nSPS) is 12.8. The van der Waals surface area contributed by atoms with Crippen LogP contribution >= 0.6 is 0 Å². The topological polar surface area (TPSA) is 79.5 Å². The third-order valence-corrected chi connectivity index (χ3v) is 3.19. The van der Waals surface area contributed by atoms with E-state index in [0.29, 0.717) is 18.1 Å². The van der Waals surface area contributed by atoms with E-state index in [1.54, 1.807) is 0 Å². The van der Waals surface area contributed by atoms with E-state index in [-0.39, 0.29) is 11.9 Å². The fourth-order valence-corrected chi connectivity index (χ4v) is 1.66. The largest absolute Gasteiger partial charge is 0.370 e. The first-order valence-corrected chi connectivity index (χ1v) is 7.50. The molecule has 0 heterocycles. The number of aliphatic imine (C=N–C) groups is 1. The summed E-state index contributed by atoms with van der Waals surface area (Å²) in [5.41, 5.74) is 7.42. The Labute approximate surface area is 127 Å². The molecule has 4 N–H and O–H groups in total. The zero-order valence-corrected chi connectivity index (χ0v) is 13.1. The van der Waals surface area contributed by atoms with Crippen molar-refractivity contribution < 1.29 is 4.79 Å². The lowest BCUT2D eigenvalue weighted by Crippen LogP contribution is -2.32. The molecule has 21 heavy (non-hydrogen) atoms. The molecule has 0 aliphatic heterocycles. The number of hydrogen-bond acceptors (Lipinski definition) is 2. The van der Waals surface area contributed by atoms with Crippen LogP contribution < -0.4 is 16.4 Å².